The number of non-ortho nitro benzene ring substituents is 1. The van der Waals surface area contributed by atoms with E-state index >= 15 is 0 Å². The highest BCUT2D eigenvalue weighted by atomic mass is 32.1. The van der Waals surface area contributed by atoms with Gasteiger partial charge in [0.1, 0.15) is 17.8 Å². The van der Waals surface area contributed by atoms with Gasteiger partial charge in [-0.05, 0) is 42.3 Å². The summed E-state index contributed by atoms with van der Waals surface area (Å²) in [4.78, 5) is 24.4. The fourth-order valence-electron chi connectivity index (χ4n) is 2.77. The van der Waals surface area contributed by atoms with Gasteiger partial charge in [0.25, 0.3) is 11.6 Å². The summed E-state index contributed by atoms with van der Waals surface area (Å²) < 4.78 is 0. The number of amides is 1. The summed E-state index contributed by atoms with van der Waals surface area (Å²) in [6, 6.07) is 15.3. The molecule has 26 heavy (non-hydrogen) atoms. The van der Waals surface area contributed by atoms with Gasteiger partial charge in [-0.2, -0.15) is 5.26 Å². The first kappa shape index (κ1) is 17.5. The summed E-state index contributed by atoms with van der Waals surface area (Å²) in [5, 5.41) is 23.1. The van der Waals surface area contributed by atoms with E-state index in [0.29, 0.717) is 5.56 Å². The topological polar surface area (TPSA) is 99.3 Å². The number of benzene rings is 2. The van der Waals surface area contributed by atoms with Gasteiger partial charge in [0.15, 0.2) is 0 Å². The van der Waals surface area contributed by atoms with Crippen LogP contribution in [0.2, 0.25) is 0 Å². The molecule has 1 N–H and O–H groups in total. The second-order valence-electron chi connectivity index (χ2n) is 5.74. The quantitative estimate of drug-likeness (QED) is 0.494. The lowest BCUT2D eigenvalue weighted by Crippen LogP contribution is -2.46. The lowest BCUT2D eigenvalue weighted by atomic mass is 10.1. The summed E-state index contributed by atoms with van der Waals surface area (Å²) in [5.74, 6) is -0.537. The van der Waals surface area contributed by atoms with Crippen LogP contribution >= 0.6 is 12.6 Å². The van der Waals surface area contributed by atoms with E-state index in [1.165, 1.54) is 12.1 Å². The predicted molar refractivity (Wildman–Crippen MR) is 99.3 cm³/mol. The van der Waals surface area contributed by atoms with Crippen LogP contribution in [-0.4, -0.2) is 10.8 Å². The first-order chi connectivity index (χ1) is 12.4. The Morgan fingerprint density at radius 1 is 1.27 bits per heavy atom. The summed E-state index contributed by atoms with van der Waals surface area (Å²) in [6.45, 7) is 1.93. The molecule has 130 valence electrons. The third-order valence-electron chi connectivity index (χ3n) is 4.02. The average molecular weight is 366 g/mol. The number of carbonyl (C=O) groups excluding carboxylic acids is 1. The summed E-state index contributed by atoms with van der Waals surface area (Å²) in [6.07, 6.45) is -0.644. The minimum Gasteiger partial charge on any atom is -0.327 e. The van der Waals surface area contributed by atoms with Gasteiger partial charge in [0, 0.05) is 17.8 Å². The van der Waals surface area contributed by atoms with Crippen LogP contribution in [-0.2, 0) is 4.79 Å². The van der Waals surface area contributed by atoms with E-state index < -0.39 is 17.0 Å². The van der Waals surface area contributed by atoms with Gasteiger partial charge >= 0.3 is 0 Å². The monoisotopic (exact) mass is 366 g/mol. The number of nitro benzene ring substituents is 1. The largest absolute Gasteiger partial charge is 0.327 e. The van der Waals surface area contributed by atoms with Crippen molar-refractivity contribution < 1.29 is 9.72 Å². The van der Waals surface area contributed by atoms with Crippen molar-refractivity contribution >= 4 is 29.9 Å². The Morgan fingerprint density at radius 3 is 2.54 bits per heavy atom. The second-order valence-corrected chi connectivity index (χ2v) is 6.17. The van der Waals surface area contributed by atoms with Crippen LogP contribution in [0.4, 0.5) is 11.4 Å². The van der Waals surface area contributed by atoms with Gasteiger partial charge in [-0.25, -0.2) is 0 Å². The van der Waals surface area contributed by atoms with Crippen LogP contribution in [0.3, 0.4) is 0 Å². The molecule has 3 rings (SSSR count). The van der Waals surface area contributed by atoms with E-state index in [4.69, 9.17) is 0 Å². The average Bonchev–Trinajstić information content (AvgIpc) is 2.61. The molecule has 0 fully saturated rings. The van der Waals surface area contributed by atoms with Crippen molar-refractivity contribution in [1.82, 2.24) is 5.32 Å². The molecule has 0 aliphatic carbocycles. The molecule has 0 saturated carbocycles. The minimum atomic E-state index is -0.644. The third-order valence-corrected chi connectivity index (χ3v) is 4.46. The van der Waals surface area contributed by atoms with Crippen molar-refractivity contribution in [2.24, 2.45) is 0 Å². The molecule has 1 aliphatic rings. The first-order valence-electron chi connectivity index (χ1n) is 7.67. The summed E-state index contributed by atoms with van der Waals surface area (Å²) >= 11 is 4.41. The maximum absolute atomic E-state index is 12.3. The van der Waals surface area contributed by atoms with Crippen LogP contribution in [0.15, 0.2) is 59.1 Å². The van der Waals surface area contributed by atoms with Gasteiger partial charge in [0.05, 0.1) is 9.95 Å². The lowest BCUT2D eigenvalue weighted by Gasteiger charge is -2.38. The van der Waals surface area contributed by atoms with Crippen molar-refractivity contribution in [2.75, 3.05) is 4.90 Å². The zero-order valence-corrected chi connectivity index (χ0v) is 14.6. The smallest absolute Gasteiger partial charge is 0.269 e. The highest BCUT2D eigenvalue weighted by Gasteiger charge is 2.34. The number of thiol groups is 1. The molecule has 0 spiro atoms. The van der Waals surface area contributed by atoms with Crippen molar-refractivity contribution in [1.29, 1.82) is 5.26 Å². The Labute approximate surface area is 155 Å². The first-order valence-corrected chi connectivity index (χ1v) is 8.11. The van der Waals surface area contributed by atoms with E-state index in [2.05, 4.69) is 17.9 Å². The van der Waals surface area contributed by atoms with Crippen molar-refractivity contribution in [3.63, 3.8) is 0 Å². The number of rotatable bonds is 3. The van der Waals surface area contributed by atoms with Crippen molar-refractivity contribution in [2.45, 2.75) is 13.1 Å². The molecule has 0 aromatic heterocycles. The number of anilines is 1. The number of hydrogen-bond acceptors (Lipinski definition) is 6. The maximum atomic E-state index is 12.3. The molecular formula is C18H14N4O3S. The number of nitrogens with zero attached hydrogens (tertiary/aromatic N) is 3. The number of hydrogen-bond donors (Lipinski definition) is 2. The molecule has 2 aromatic carbocycles. The number of nitrogens with one attached hydrogen (secondary N) is 1. The van der Waals surface area contributed by atoms with Crippen LogP contribution in [0.5, 0.6) is 0 Å². The van der Waals surface area contributed by atoms with Gasteiger partial charge in [0.2, 0.25) is 0 Å². The minimum absolute atomic E-state index is 0.0441. The Bertz CT molecular complexity index is 963. The zero-order chi connectivity index (χ0) is 18.8. The molecule has 0 bridgehead atoms. The van der Waals surface area contributed by atoms with Gasteiger partial charge in [-0.1, -0.05) is 12.1 Å². The van der Waals surface area contributed by atoms with E-state index in [-0.39, 0.29) is 16.3 Å². The fourth-order valence-corrected chi connectivity index (χ4v) is 3.15. The van der Waals surface area contributed by atoms with Gasteiger partial charge in [-0.3, -0.25) is 14.9 Å². The zero-order valence-electron chi connectivity index (χ0n) is 13.7. The van der Waals surface area contributed by atoms with Crippen LogP contribution in [0.25, 0.3) is 0 Å². The Hall–Kier alpha value is -3.31. The van der Waals surface area contributed by atoms with E-state index in [9.17, 15) is 20.2 Å². The van der Waals surface area contributed by atoms with Crippen LogP contribution in [0, 0.1) is 28.4 Å². The van der Waals surface area contributed by atoms with Crippen LogP contribution < -0.4 is 10.2 Å². The van der Waals surface area contributed by atoms with Gasteiger partial charge < -0.3 is 10.2 Å². The van der Waals surface area contributed by atoms with E-state index in [0.717, 1.165) is 11.3 Å². The second kappa shape index (κ2) is 6.90. The number of carbonyl (C=O) groups is 1. The molecule has 1 aliphatic heterocycles. The van der Waals surface area contributed by atoms with Crippen LogP contribution in [0.1, 0.15) is 17.3 Å². The molecular weight excluding hydrogens is 352 g/mol. The number of nitro groups is 1. The molecule has 1 unspecified atom stereocenters. The molecule has 8 heteroatoms. The summed E-state index contributed by atoms with van der Waals surface area (Å²) in [7, 11) is 0. The number of nitriles is 1. The molecule has 0 radical (unpaired) electrons. The molecule has 1 amide bonds. The standard InChI is InChI=1S/C18H14N4O3S/c1-11-3-2-4-14(9-11)21-16(20-17(23)15(10-19)18(21)26)12-5-7-13(8-6-12)22(24)25/h2-9,16,26H,1H3,(H,20,23). The maximum Gasteiger partial charge on any atom is 0.269 e. The normalized spacial score (nSPS) is 16.9. The van der Waals surface area contributed by atoms with E-state index in [1.54, 1.807) is 17.0 Å². The highest BCUT2D eigenvalue weighted by molar-refractivity contribution is 7.84. The molecule has 1 heterocycles. The molecule has 1 atom stereocenters. The summed E-state index contributed by atoms with van der Waals surface area (Å²) in [5.41, 5.74) is 2.24. The Kier molecular flexibility index (Phi) is 4.65. The number of aryl methyl sites for hydroxylation is 1. The molecule has 0 saturated heterocycles. The third kappa shape index (κ3) is 3.12. The van der Waals surface area contributed by atoms with Gasteiger partial charge in [-0.15, -0.1) is 12.6 Å². The highest BCUT2D eigenvalue weighted by Crippen LogP contribution is 2.36. The Morgan fingerprint density at radius 2 is 1.96 bits per heavy atom. The molecule has 7 nitrogen and oxygen atoms in total. The van der Waals surface area contributed by atoms with E-state index in [1.807, 2.05) is 37.3 Å². The fraction of sp³-hybridized carbons (Fsp3) is 0.111. The van der Waals surface area contributed by atoms with Crippen molar-refractivity contribution in [3.05, 3.63) is 80.4 Å². The van der Waals surface area contributed by atoms with Crippen molar-refractivity contribution in [3.8, 4) is 6.07 Å². The predicted octanol–water partition coefficient (Wildman–Crippen LogP) is 3.20. The SMILES string of the molecule is Cc1cccc(N2C(S)=C(C#N)C(=O)NC2c2ccc([N+](=O)[O-])cc2)c1. The lowest BCUT2D eigenvalue weighted by molar-refractivity contribution is -0.384. The molecule has 2 aromatic rings. The Balaban J connectivity index is 2.13.